The van der Waals surface area contributed by atoms with Crippen LogP contribution in [-0.2, 0) is 0 Å². The lowest BCUT2D eigenvalue weighted by Gasteiger charge is -2.30. The molecule has 0 radical (unpaired) electrons. The zero-order chi connectivity index (χ0) is 11.7. The van der Waals surface area contributed by atoms with Gasteiger partial charge < -0.3 is 5.32 Å². The van der Waals surface area contributed by atoms with Crippen LogP contribution in [0.25, 0.3) is 0 Å². The van der Waals surface area contributed by atoms with Crippen molar-refractivity contribution < 1.29 is 0 Å². The van der Waals surface area contributed by atoms with E-state index >= 15 is 0 Å². The van der Waals surface area contributed by atoms with Crippen LogP contribution in [0.4, 0.5) is 0 Å². The molecule has 0 amide bonds. The smallest absolute Gasteiger partial charge is 0.0148 e. The summed E-state index contributed by atoms with van der Waals surface area (Å²) in [5.74, 6) is 0.877. The van der Waals surface area contributed by atoms with E-state index in [0.29, 0.717) is 5.54 Å². The highest BCUT2D eigenvalue weighted by Gasteiger charge is 2.19. The standard InChI is InChI=1S/C14H31N/c1-6-10-11-13(7-2)12-15-14(5,8-3)9-4/h13,15H,6-12H2,1-5H3. The fourth-order valence-corrected chi connectivity index (χ4v) is 1.83. The van der Waals surface area contributed by atoms with E-state index in [1.807, 2.05) is 0 Å². The van der Waals surface area contributed by atoms with Gasteiger partial charge in [-0.05, 0) is 38.6 Å². The normalized spacial score (nSPS) is 14.2. The molecule has 0 saturated heterocycles. The highest BCUT2D eigenvalue weighted by atomic mass is 15.0. The second-order valence-electron chi connectivity index (χ2n) is 5.07. The average Bonchev–Trinajstić information content (AvgIpc) is 2.29. The maximum absolute atomic E-state index is 3.76. The van der Waals surface area contributed by atoms with E-state index < -0.39 is 0 Å². The van der Waals surface area contributed by atoms with E-state index in [0.717, 1.165) is 5.92 Å². The van der Waals surface area contributed by atoms with E-state index in [4.69, 9.17) is 0 Å². The number of unbranched alkanes of at least 4 members (excludes halogenated alkanes) is 1. The second-order valence-corrected chi connectivity index (χ2v) is 5.07. The van der Waals surface area contributed by atoms with Gasteiger partial charge in [-0.25, -0.2) is 0 Å². The van der Waals surface area contributed by atoms with Crippen LogP contribution in [0.5, 0.6) is 0 Å². The molecule has 0 aliphatic rings. The van der Waals surface area contributed by atoms with Gasteiger partial charge in [0, 0.05) is 5.54 Å². The molecule has 1 heteroatoms. The SMILES string of the molecule is CCCCC(CC)CNC(C)(CC)CC. The molecule has 0 spiro atoms. The average molecular weight is 213 g/mol. The van der Waals surface area contributed by atoms with Crippen molar-refractivity contribution in [1.29, 1.82) is 0 Å². The van der Waals surface area contributed by atoms with E-state index in [9.17, 15) is 0 Å². The third-order valence-electron chi connectivity index (χ3n) is 3.92. The summed E-state index contributed by atoms with van der Waals surface area (Å²) in [5.41, 5.74) is 0.361. The zero-order valence-corrected chi connectivity index (χ0v) is 11.5. The minimum atomic E-state index is 0.361. The van der Waals surface area contributed by atoms with E-state index in [-0.39, 0.29) is 0 Å². The molecule has 0 bridgehead atoms. The molecule has 1 N–H and O–H groups in total. The minimum Gasteiger partial charge on any atom is -0.311 e. The van der Waals surface area contributed by atoms with Gasteiger partial charge in [0.1, 0.15) is 0 Å². The molecule has 0 heterocycles. The van der Waals surface area contributed by atoms with Gasteiger partial charge in [0.15, 0.2) is 0 Å². The topological polar surface area (TPSA) is 12.0 Å². The lowest BCUT2D eigenvalue weighted by atomic mass is 9.93. The van der Waals surface area contributed by atoms with Gasteiger partial charge in [-0.3, -0.25) is 0 Å². The summed E-state index contributed by atoms with van der Waals surface area (Å²) in [4.78, 5) is 0. The Labute approximate surface area is 97.0 Å². The van der Waals surface area contributed by atoms with Crippen molar-refractivity contribution in [3.63, 3.8) is 0 Å². The van der Waals surface area contributed by atoms with Gasteiger partial charge in [0.05, 0.1) is 0 Å². The summed E-state index contributed by atoms with van der Waals surface area (Å²) in [7, 11) is 0. The quantitative estimate of drug-likeness (QED) is 0.599. The molecule has 0 aliphatic carbocycles. The molecule has 1 atom stereocenters. The molecule has 0 fully saturated rings. The van der Waals surface area contributed by atoms with Crippen LogP contribution in [0, 0.1) is 5.92 Å². The summed E-state index contributed by atoms with van der Waals surface area (Å²) in [5, 5.41) is 3.76. The van der Waals surface area contributed by atoms with E-state index in [1.165, 1.54) is 45.1 Å². The first kappa shape index (κ1) is 15.0. The van der Waals surface area contributed by atoms with Gasteiger partial charge in [-0.2, -0.15) is 0 Å². The van der Waals surface area contributed by atoms with Crippen LogP contribution < -0.4 is 5.32 Å². The lowest BCUT2D eigenvalue weighted by molar-refractivity contribution is 0.292. The third kappa shape index (κ3) is 6.19. The number of hydrogen-bond donors (Lipinski definition) is 1. The van der Waals surface area contributed by atoms with Gasteiger partial charge in [-0.1, -0.05) is 47.0 Å². The first-order valence-corrected chi connectivity index (χ1v) is 6.86. The van der Waals surface area contributed by atoms with E-state index in [1.54, 1.807) is 0 Å². The molecule has 1 unspecified atom stereocenters. The van der Waals surface area contributed by atoms with Gasteiger partial charge in [0.2, 0.25) is 0 Å². The number of rotatable bonds is 9. The first-order valence-electron chi connectivity index (χ1n) is 6.86. The summed E-state index contributed by atoms with van der Waals surface area (Å²) < 4.78 is 0. The Morgan fingerprint density at radius 1 is 1.07 bits per heavy atom. The molecule has 92 valence electrons. The summed E-state index contributed by atoms with van der Waals surface area (Å²) in [6.07, 6.45) is 7.88. The van der Waals surface area contributed by atoms with Gasteiger partial charge >= 0.3 is 0 Å². The molecule has 0 aliphatic heterocycles. The molecule has 0 saturated carbocycles. The number of hydrogen-bond acceptors (Lipinski definition) is 1. The fraction of sp³-hybridized carbons (Fsp3) is 1.00. The minimum absolute atomic E-state index is 0.361. The highest BCUT2D eigenvalue weighted by molar-refractivity contribution is 4.80. The van der Waals surface area contributed by atoms with Crippen LogP contribution in [0.3, 0.4) is 0 Å². The van der Waals surface area contributed by atoms with Gasteiger partial charge in [0.25, 0.3) is 0 Å². The summed E-state index contributed by atoms with van der Waals surface area (Å²) in [6.45, 7) is 12.7. The van der Waals surface area contributed by atoms with Crippen molar-refractivity contribution in [2.75, 3.05) is 6.54 Å². The summed E-state index contributed by atoms with van der Waals surface area (Å²) in [6, 6.07) is 0. The predicted octanol–water partition coefficient (Wildman–Crippen LogP) is 4.37. The molecule has 0 rings (SSSR count). The highest BCUT2D eigenvalue weighted by Crippen LogP contribution is 2.17. The Hall–Kier alpha value is -0.0400. The Bertz CT molecular complexity index is 138. The Kier molecular flexibility index (Phi) is 8.13. The van der Waals surface area contributed by atoms with E-state index in [2.05, 4.69) is 39.9 Å². The molecular weight excluding hydrogens is 182 g/mol. The van der Waals surface area contributed by atoms with Crippen molar-refractivity contribution in [1.82, 2.24) is 5.32 Å². The maximum Gasteiger partial charge on any atom is 0.0148 e. The van der Waals surface area contributed by atoms with Crippen molar-refractivity contribution in [2.45, 2.75) is 78.7 Å². The summed E-state index contributed by atoms with van der Waals surface area (Å²) >= 11 is 0. The Balaban J connectivity index is 3.87. The largest absolute Gasteiger partial charge is 0.311 e. The van der Waals surface area contributed by atoms with Crippen LogP contribution >= 0.6 is 0 Å². The fourth-order valence-electron chi connectivity index (χ4n) is 1.83. The number of nitrogens with one attached hydrogen (secondary N) is 1. The van der Waals surface area contributed by atoms with Crippen molar-refractivity contribution in [3.8, 4) is 0 Å². The Morgan fingerprint density at radius 2 is 1.67 bits per heavy atom. The zero-order valence-electron chi connectivity index (χ0n) is 11.5. The molecular formula is C14H31N. The molecule has 0 aromatic carbocycles. The monoisotopic (exact) mass is 213 g/mol. The van der Waals surface area contributed by atoms with Crippen LogP contribution in [0.1, 0.15) is 73.1 Å². The van der Waals surface area contributed by atoms with Crippen LogP contribution in [0.2, 0.25) is 0 Å². The van der Waals surface area contributed by atoms with Crippen molar-refractivity contribution >= 4 is 0 Å². The third-order valence-corrected chi connectivity index (χ3v) is 3.92. The van der Waals surface area contributed by atoms with Crippen molar-refractivity contribution in [2.24, 2.45) is 5.92 Å². The lowest BCUT2D eigenvalue weighted by Crippen LogP contribution is -2.43. The first-order chi connectivity index (χ1) is 7.11. The molecule has 0 aromatic heterocycles. The molecule has 1 nitrogen and oxygen atoms in total. The van der Waals surface area contributed by atoms with Crippen LogP contribution in [0.15, 0.2) is 0 Å². The van der Waals surface area contributed by atoms with Crippen molar-refractivity contribution in [3.05, 3.63) is 0 Å². The molecule has 15 heavy (non-hydrogen) atoms. The second kappa shape index (κ2) is 8.15. The van der Waals surface area contributed by atoms with Crippen LogP contribution in [-0.4, -0.2) is 12.1 Å². The van der Waals surface area contributed by atoms with Gasteiger partial charge in [-0.15, -0.1) is 0 Å². The molecule has 0 aromatic rings. The Morgan fingerprint density at radius 3 is 2.07 bits per heavy atom. The predicted molar refractivity (Wildman–Crippen MR) is 70.3 cm³/mol. The maximum atomic E-state index is 3.76.